The third kappa shape index (κ3) is 5.55. The predicted octanol–water partition coefficient (Wildman–Crippen LogP) is 3.20. The van der Waals surface area contributed by atoms with Crippen molar-refractivity contribution in [1.82, 2.24) is 9.21 Å². The third-order valence-corrected chi connectivity index (χ3v) is 7.58. The van der Waals surface area contributed by atoms with E-state index in [0.717, 1.165) is 21.2 Å². The average Bonchev–Trinajstić information content (AvgIpc) is 2.76. The van der Waals surface area contributed by atoms with Crippen LogP contribution < -0.4 is 4.74 Å². The van der Waals surface area contributed by atoms with E-state index in [0.29, 0.717) is 31.5 Å². The van der Waals surface area contributed by atoms with Crippen molar-refractivity contribution in [3.05, 3.63) is 59.2 Å². The molecule has 3 rings (SSSR count). The van der Waals surface area contributed by atoms with E-state index in [9.17, 15) is 18.0 Å². The molecule has 2 aromatic rings. The molecule has 0 radical (unpaired) electrons. The van der Waals surface area contributed by atoms with Gasteiger partial charge in [-0.3, -0.25) is 9.59 Å². The van der Waals surface area contributed by atoms with Gasteiger partial charge < -0.3 is 9.64 Å². The minimum absolute atomic E-state index is 0.0285. The molecule has 7 nitrogen and oxygen atoms in total. The van der Waals surface area contributed by atoms with E-state index in [1.165, 1.54) is 38.2 Å². The van der Waals surface area contributed by atoms with Gasteiger partial charge in [0, 0.05) is 38.5 Å². The number of benzene rings is 2. The summed E-state index contributed by atoms with van der Waals surface area (Å²) in [4.78, 5) is 25.9. The van der Waals surface area contributed by atoms with Gasteiger partial charge in [-0.25, -0.2) is 8.42 Å². The quantitative estimate of drug-likeness (QED) is 0.595. The Labute approximate surface area is 190 Å². The second kappa shape index (κ2) is 9.83. The fourth-order valence-corrected chi connectivity index (χ4v) is 4.77. The Kier molecular flexibility index (Phi) is 7.36. The fraction of sp³-hybridized carbons (Fsp3) is 0.417. The lowest BCUT2D eigenvalue weighted by Gasteiger charge is -2.33. The van der Waals surface area contributed by atoms with Crippen molar-refractivity contribution in [2.45, 2.75) is 44.6 Å². The molecule has 0 bridgehead atoms. The van der Waals surface area contributed by atoms with Gasteiger partial charge in [0.2, 0.25) is 15.9 Å². The summed E-state index contributed by atoms with van der Waals surface area (Å²) < 4.78 is 32.8. The highest BCUT2D eigenvalue weighted by molar-refractivity contribution is 7.89. The van der Waals surface area contributed by atoms with Crippen molar-refractivity contribution in [2.24, 2.45) is 0 Å². The maximum Gasteiger partial charge on any atom is 0.243 e. The Bertz CT molecular complexity index is 1090. The first-order valence-electron chi connectivity index (χ1n) is 10.7. The number of ketones is 1. The number of hydrogen-bond acceptors (Lipinski definition) is 5. The monoisotopic (exact) mass is 458 g/mol. The molecular weight excluding hydrogens is 428 g/mol. The van der Waals surface area contributed by atoms with Crippen molar-refractivity contribution in [3.8, 4) is 5.75 Å². The molecule has 1 saturated heterocycles. The maximum absolute atomic E-state index is 12.8. The summed E-state index contributed by atoms with van der Waals surface area (Å²) >= 11 is 0. The molecule has 1 amide bonds. The molecule has 0 aliphatic carbocycles. The van der Waals surface area contributed by atoms with E-state index in [1.54, 1.807) is 4.90 Å². The number of piperidine rings is 1. The Morgan fingerprint density at radius 1 is 1.06 bits per heavy atom. The summed E-state index contributed by atoms with van der Waals surface area (Å²) in [6.45, 7) is 6.27. The number of hydrogen-bond donors (Lipinski definition) is 0. The highest BCUT2D eigenvalue weighted by Crippen LogP contribution is 2.24. The number of carbonyl (C=O) groups is 2. The van der Waals surface area contributed by atoms with Crippen molar-refractivity contribution in [3.63, 3.8) is 0 Å². The first-order valence-corrected chi connectivity index (χ1v) is 12.1. The van der Waals surface area contributed by atoms with E-state index in [2.05, 4.69) is 0 Å². The van der Waals surface area contributed by atoms with Crippen molar-refractivity contribution in [1.29, 1.82) is 0 Å². The number of sulfonamides is 1. The minimum Gasteiger partial charge on any atom is -0.490 e. The largest absolute Gasteiger partial charge is 0.490 e. The number of rotatable bonds is 7. The molecule has 0 atom stereocenters. The van der Waals surface area contributed by atoms with Crippen LogP contribution in [0.25, 0.3) is 0 Å². The maximum atomic E-state index is 12.8. The standard InChI is InChI=1S/C24H30N2O5S/c1-17-5-6-18(2)23(15-17)31-21-11-13-26(14-12-21)24(28)16-25(4)32(29,30)22-9-7-20(8-10-22)19(3)27/h5-10,15,21H,11-14,16H2,1-4H3. The van der Waals surface area contributed by atoms with Crippen molar-refractivity contribution >= 4 is 21.7 Å². The van der Waals surface area contributed by atoms with Gasteiger partial charge in [-0.1, -0.05) is 24.3 Å². The van der Waals surface area contributed by atoms with Crippen molar-refractivity contribution < 1.29 is 22.7 Å². The first-order chi connectivity index (χ1) is 15.1. The highest BCUT2D eigenvalue weighted by atomic mass is 32.2. The second-order valence-electron chi connectivity index (χ2n) is 8.31. The van der Waals surface area contributed by atoms with Crippen LogP contribution in [-0.4, -0.2) is 62.1 Å². The van der Waals surface area contributed by atoms with Gasteiger partial charge in [0.05, 0.1) is 11.4 Å². The van der Waals surface area contributed by atoms with Crippen LogP contribution in [0.2, 0.25) is 0 Å². The fourth-order valence-electron chi connectivity index (χ4n) is 3.65. The molecule has 2 aromatic carbocycles. The molecule has 32 heavy (non-hydrogen) atoms. The van der Waals surface area contributed by atoms with Gasteiger partial charge in [-0.05, 0) is 50.1 Å². The Hall–Kier alpha value is -2.71. The van der Waals surface area contributed by atoms with Crippen LogP contribution in [0, 0.1) is 13.8 Å². The van der Waals surface area contributed by atoms with Crippen LogP contribution in [0.4, 0.5) is 0 Å². The van der Waals surface area contributed by atoms with Crippen LogP contribution in [0.15, 0.2) is 47.4 Å². The van der Waals surface area contributed by atoms with Crippen LogP contribution in [-0.2, 0) is 14.8 Å². The molecular formula is C24H30N2O5S. The zero-order valence-electron chi connectivity index (χ0n) is 19.0. The zero-order valence-corrected chi connectivity index (χ0v) is 19.8. The Morgan fingerprint density at radius 2 is 1.69 bits per heavy atom. The van der Waals surface area contributed by atoms with Gasteiger partial charge in [0.1, 0.15) is 11.9 Å². The lowest BCUT2D eigenvalue weighted by Crippen LogP contribution is -2.46. The molecule has 1 aliphatic rings. The second-order valence-corrected chi connectivity index (χ2v) is 10.4. The molecule has 1 aliphatic heterocycles. The summed E-state index contributed by atoms with van der Waals surface area (Å²) in [6, 6.07) is 11.8. The normalized spacial score (nSPS) is 15.1. The SMILES string of the molecule is CC(=O)c1ccc(S(=O)(=O)N(C)CC(=O)N2CCC(Oc3cc(C)ccc3C)CC2)cc1. The van der Waals surface area contributed by atoms with Crippen LogP contribution in [0.1, 0.15) is 41.3 Å². The Morgan fingerprint density at radius 3 is 2.28 bits per heavy atom. The number of Topliss-reactive ketones (excluding diaryl/α,β-unsaturated/α-hetero) is 1. The molecule has 8 heteroatoms. The molecule has 0 spiro atoms. The van der Waals surface area contributed by atoms with Crippen LogP contribution in [0.3, 0.4) is 0 Å². The third-order valence-electron chi connectivity index (χ3n) is 5.76. The van der Waals surface area contributed by atoms with E-state index >= 15 is 0 Å². The molecule has 1 heterocycles. The summed E-state index contributed by atoms with van der Waals surface area (Å²) in [6.07, 6.45) is 1.42. The van der Waals surface area contributed by atoms with E-state index in [1.807, 2.05) is 32.0 Å². The van der Waals surface area contributed by atoms with E-state index < -0.39 is 10.0 Å². The minimum atomic E-state index is -3.83. The van der Waals surface area contributed by atoms with E-state index in [4.69, 9.17) is 4.74 Å². The Balaban J connectivity index is 1.55. The van der Waals surface area contributed by atoms with Gasteiger partial charge in [0.25, 0.3) is 0 Å². The summed E-state index contributed by atoms with van der Waals surface area (Å²) in [5.41, 5.74) is 2.66. The lowest BCUT2D eigenvalue weighted by molar-refractivity contribution is -0.133. The van der Waals surface area contributed by atoms with Gasteiger partial charge >= 0.3 is 0 Å². The molecule has 0 aromatic heterocycles. The summed E-state index contributed by atoms with van der Waals surface area (Å²) in [5.74, 6) is 0.500. The molecule has 0 saturated carbocycles. The number of ether oxygens (including phenoxy) is 1. The number of carbonyl (C=O) groups excluding carboxylic acids is 2. The van der Waals surface area contributed by atoms with Crippen LogP contribution >= 0.6 is 0 Å². The number of likely N-dealkylation sites (N-methyl/N-ethyl adjacent to an activating group) is 1. The number of likely N-dealkylation sites (tertiary alicyclic amines) is 1. The zero-order chi connectivity index (χ0) is 23.5. The number of aryl methyl sites for hydroxylation is 2. The summed E-state index contributed by atoms with van der Waals surface area (Å²) in [5, 5.41) is 0. The van der Waals surface area contributed by atoms with Gasteiger partial charge in [-0.15, -0.1) is 0 Å². The van der Waals surface area contributed by atoms with Gasteiger partial charge in [-0.2, -0.15) is 4.31 Å². The van der Waals surface area contributed by atoms with Crippen molar-refractivity contribution in [2.75, 3.05) is 26.7 Å². The molecule has 172 valence electrons. The first kappa shape index (κ1) is 23.9. The topological polar surface area (TPSA) is 84.0 Å². The van der Waals surface area contributed by atoms with Gasteiger partial charge in [0.15, 0.2) is 5.78 Å². The highest BCUT2D eigenvalue weighted by Gasteiger charge is 2.28. The van der Waals surface area contributed by atoms with Crippen LogP contribution in [0.5, 0.6) is 5.75 Å². The molecule has 0 N–H and O–H groups in total. The predicted molar refractivity (Wildman–Crippen MR) is 122 cm³/mol. The number of amides is 1. The average molecular weight is 459 g/mol. The molecule has 1 fully saturated rings. The van der Waals surface area contributed by atoms with E-state index in [-0.39, 0.29) is 29.2 Å². The smallest absolute Gasteiger partial charge is 0.243 e. The summed E-state index contributed by atoms with van der Waals surface area (Å²) in [7, 11) is -2.43. The number of nitrogens with zero attached hydrogens (tertiary/aromatic N) is 2. The lowest BCUT2D eigenvalue weighted by atomic mass is 10.1. The molecule has 0 unspecified atom stereocenters.